The van der Waals surface area contributed by atoms with Crippen LogP contribution in [0, 0.1) is 37.5 Å². The number of ketones is 1. The maximum atomic E-state index is 13.6. The smallest absolute Gasteiger partial charge is 0.162 e. The van der Waals surface area contributed by atoms with Crippen molar-refractivity contribution in [1.29, 1.82) is 5.26 Å². The summed E-state index contributed by atoms with van der Waals surface area (Å²) in [5.41, 5.74) is 13.2. The van der Waals surface area contributed by atoms with Gasteiger partial charge in [0.2, 0.25) is 0 Å². The minimum Gasteiger partial charge on any atom is -0.384 e. The quantitative estimate of drug-likeness (QED) is 0.596. The number of allylic oxidation sites excluding steroid dienone is 3. The van der Waals surface area contributed by atoms with Crippen LogP contribution in [-0.2, 0) is 4.79 Å². The third-order valence-electron chi connectivity index (χ3n) is 6.61. The molecular formula is C27H28ClN3O. The first-order chi connectivity index (χ1) is 15.1. The van der Waals surface area contributed by atoms with Crippen LogP contribution in [-0.4, -0.2) is 5.78 Å². The molecule has 2 aromatic carbocycles. The van der Waals surface area contributed by atoms with E-state index in [1.165, 1.54) is 0 Å². The van der Waals surface area contributed by atoms with Crippen molar-refractivity contribution in [2.24, 2.45) is 11.1 Å². The highest BCUT2D eigenvalue weighted by atomic mass is 35.5. The molecule has 2 aromatic rings. The predicted octanol–water partition coefficient (Wildman–Crippen LogP) is 6.21. The minimum atomic E-state index is -0.464. The Hall–Kier alpha value is -3.03. The summed E-state index contributed by atoms with van der Waals surface area (Å²) in [7, 11) is 0. The number of nitrogens with two attached hydrogens (primary N) is 1. The monoisotopic (exact) mass is 445 g/mol. The summed E-state index contributed by atoms with van der Waals surface area (Å²) in [6.45, 7) is 10.2. The molecule has 5 heteroatoms. The lowest BCUT2D eigenvalue weighted by molar-refractivity contribution is -0.118. The molecule has 164 valence electrons. The number of nitriles is 1. The van der Waals surface area contributed by atoms with Gasteiger partial charge in [0.05, 0.1) is 23.2 Å². The van der Waals surface area contributed by atoms with Gasteiger partial charge in [-0.25, -0.2) is 0 Å². The second-order valence-electron chi connectivity index (χ2n) is 9.72. The average molecular weight is 446 g/mol. The zero-order chi connectivity index (χ0) is 23.4. The van der Waals surface area contributed by atoms with Crippen LogP contribution in [0.15, 0.2) is 59.1 Å². The number of halogens is 1. The molecule has 0 amide bonds. The van der Waals surface area contributed by atoms with Gasteiger partial charge in [-0.15, -0.1) is 0 Å². The number of hydrogen-bond acceptors (Lipinski definition) is 4. The Balaban J connectivity index is 2.07. The normalized spacial score (nSPS) is 20.3. The Morgan fingerprint density at radius 2 is 1.88 bits per heavy atom. The fourth-order valence-corrected chi connectivity index (χ4v) is 5.17. The molecule has 1 aliphatic carbocycles. The van der Waals surface area contributed by atoms with Crippen LogP contribution in [0.5, 0.6) is 0 Å². The number of aryl methyl sites for hydroxylation is 2. The molecule has 4 rings (SSSR count). The minimum absolute atomic E-state index is 0.0760. The van der Waals surface area contributed by atoms with Crippen molar-refractivity contribution >= 4 is 23.1 Å². The van der Waals surface area contributed by atoms with E-state index in [2.05, 4.69) is 26.0 Å². The van der Waals surface area contributed by atoms with Gasteiger partial charge < -0.3 is 5.73 Å². The standard InChI is InChI=1S/C27H28ClN3O/c1-15-9-10-16(2)18(11-15)24-19(14-29)26(30)31(21-8-6-7-20(28)17(21)3)22-12-27(4,5)13-23(32)25(22)24/h6-11,24H,12-13,30H2,1-5H3. The molecule has 0 aromatic heterocycles. The van der Waals surface area contributed by atoms with Gasteiger partial charge in [0.25, 0.3) is 0 Å². The van der Waals surface area contributed by atoms with Crippen LogP contribution < -0.4 is 10.6 Å². The van der Waals surface area contributed by atoms with E-state index in [-0.39, 0.29) is 11.2 Å². The third kappa shape index (κ3) is 3.51. The Bertz CT molecular complexity index is 1250. The fourth-order valence-electron chi connectivity index (χ4n) is 5.00. The van der Waals surface area contributed by atoms with E-state index in [1.54, 1.807) is 0 Å². The number of carbonyl (C=O) groups excluding carboxylic acids is 1. The number of Topliss-reactive ketones (excluding diaryl/α,β-unsaturated/α-hetero) is 1. The lowest BCUT2D eigenvalue weighted by atomic mass is 9.68. The van der Waals surface area contributed by atoms with Crippen molar-refractivity contribution in [3.63, 3.8) is 0 Å². The molecule has 1 aliphatic heterocycles. The second-order valence-corrected chi connectivity index (χ2v) is 10.1. The van der Waals surface area contributed by atoms with E-state index in [9.17, 15) is 10.1 Å². The van der Waals surface area contributed by atoms with Gasteiger partial charge >= 0.3 is 0 Å². The highest BCUT2D eigenvalue weighted by Gasteiger charge is 2.45. The maximum Gasteiger partial charge on any atom is 0.162 e. The molecule has 32 heavy (non-hydrogen) atoms. The van der Waals surface area contributed by atoms with E-state index >= 15 is 0 Å². The first kappa shape index (κ1) is 22.2. The first-order valence-corrected chi connectivity index (χ1v) is 11.2. The summed E-state index contributed by atoms with van der Waals surface area (Å²) in [4.78, 5) is 15.5. The van der Waals surface area contributed by atoms with Crippen LogP contribution in [0.25, 0.3) is 0 Å². The molecule has 0 fully saturated rings. The topological polar surface area (TPSA) is 70.1 Å². The van der Waals surface area contributed by atoms with Gasteiger partial charge in [0.15, 0.2) is 5.78 Å². The molecule has 0 bridgehead atoms. The fraction of sp³-hybridized carbons (Fsp3) is 0.333. The van der Waals surface area contributed by atoms with Crippen molar-refractivity contribution in [1.82, 2.24) is 0 Å². The van der Waals surface area contributed by atoms with Crippen molar-refractivity contribution in [3.8, 4) is 6.07 Å². The summed E-state index contributed by atoms with van der Waals surface area (Å²) in [5, 5.41) is 10.9. The third-order valence-corrected chi connectivity index (χ3v) is 7.02. The van der Waals surface area contributed by atoms with Crippen molar-refractivity contribution < 1.29 is 4.79 Å². The molecular weight excluding hydrogens is 418 g/mol. The van der Waals surface area contributed by atoms with E-state index in [1.807, 2.05) is 56.0 Å². The number of carbonyl (C=O) groups is 1. The second kappa shape index (κ2) is 7.83. The lowest BCUT2D eigenvalue weighted by Crippen LogP contribution is -2.42. The van der Waals surface area contributed by atoms with Gasteiger partial charge in [-0.2, -0.15) is 5.26 Å². The number of benzene rings is 2. The summed E-state index contributed by atoms with van der Waals surface area (Å²) in [6, 6.07) is 14.2. The van der Waals surface area contributed by atoms with E-state index in [0.29, 0.717) is 34.8 Å². The summed E-state index contributed by atoms with van der Waals surface area (Å²) in [5.74, 6) is -0.0191. The highest BCUT2D eigenvalue weighted by Crippen LogP contribution is 2.51. The Kier molecular flexibility index (Phi) is 5.43. The van der Waals surface area contributed by atoms with Crippen LogP contribution in [0.3, 0.4) is 0 Å². The molecule has 0 radical (unpaired) electrons. The maximum absolute atomic E-state index is 13.6. The van der Waals surface area contributed by atoms with Gasteiger partial charge in [-0.1, -0.05) is 55.3 Å². The van der Waals surface area contributed by atoms with Gasteiger partial charge in [-0.3, -0.25) is 9.69 Å². The Labute approximate surface area is 195 Å². The predicted molar refractivity (Wildman–Crippen MR) is 129 cm³/mol. The number of anilines is 1. The van der Waals surface area contributed by atoms with E-state index in [4.69, 9.17) is 17.3 Å². The molecule has 0 saturated heterocycles. The zero-order valence-corrected chi connectivity index (χ0v) is 20.0. The molecule has 0 saturated carbocycles. The Morgan fingerprint density at radius 1 is 1.16 bits per heavy atom. The molecule has 2 N–H and O–H groups in total. The van der Waals surface area contributed by atoms with Crippen LogP contribution in [0.4, 0.5) is 5.69 Å². The molecule has 1 atom stereocenters. The van der Waals surface area contributed by atoms with Crippen molar-refractivity contribution in [2.75, 3.05) is 4.90 Å². The summed E-state index contributed by atoms with van der Waals surface area (Å²) >= 11 is 6.44. The zero-order valence-electron chi connectivity index (χ0n) is 19.2. The first-order valence-electron chi connectivity index (χ1n) is 10.8. The largest absolute Gasteiger partial charge is 0.384 e. The lowest BCUT2D eigenvalue weighted by Gasteiger charge is -2.44. The number of hydrogen-bond donors (Lipinski definition) is 1. The van der Waals surface area contributed by atoms with E-state index < -0.39 is 5.92 Å². The van der Waals surface area contributed by atoms with Crippen molar-refractivity contribution in [2.45, 2.75) is 53.4 Å². The molecule has 0 spiro atoms. The van der Waals surface area contributed by atoms with Crippen LogP contribution in [0.2, 0.25) is 5.02 Å². The van der Waals surface area contributed by atoms with Crippen molar-refractivity contribution in [3.05, 3.63) is 86.3 Å². The van der Waals surface area contributed by atoms with Crippen LogP contribution >= 0.6 is 11.6 Å². The number of nitrogens with zero attached hydrogens (tertiary/aromatic N) is 2. The van der Waals surface area contributed by atoms with Gasteiger partial charge in [-0.05, 0) is 61.4 Å². The molecule has 2 aliphatic rings. The molecule has 1 heterocycles. The summed E-state index contributed by atoms with van der Waals surface area (Å²) in [6.07, 6.45) is 1.12. The van der Waals surface area contributed by atoms with Gasteiger partial charge in [0, 0.05) is 22.7 Å². The van der Waals surface area contributed by atoms with E-state index in [0.717, 1.165) is 33.6 Å². The molecule has 1 unspecified atom stereocenters. The number of rotatable bonds is 2. The average Bonchev–Trinajstić information content (AvgIpc) is 2.71. The SMILES string of the molecule is Cc1ccc(C)c(C2C(C#N)=C(N)N(c3cccc(Cl)c3C)C3=C2C(=O)CC(C)(C)C3)c1. The molecule has 4 nitrogen and oxygen atoms in total. The Morgan fingerprint density at radius 3 is 2.56 bits per heavy atom. The highest BCUT2D eigenvalue weighted by molar-refractivity contribution is 6.31. The summed E-state index contributed by atoms with van der Waals surface area (Å²) < 4.78 is 0. The van der Waals surface area contributed by atoms with Crippen LogP contribution in [0.1, 0.15) is 54.9 Å². The van der Waals surface area contributed by atoms with Gasteiger partial charge in [0.1, 0.15) is 5.82 Å².